The minimum Gasteiger partial charge on any atom is -0.493 e. The number of ether oxygens (including phenoxy) is 4. The third-order valence-electron chi connectivity index (χ3n) is 5.17. The van der Waals surface area contributed by atoms with Gasteiger partial charge in [0.05, 0.1) is 27.4 Å². The van der Waals surface area contributed by atoms with Crippen LogP contribution in [0.15, 0.2) is 36.4 Å². The van der Waals surface area contributed by atoms with Gasteiger partial charge in [-0.25, -0.2) is 0 Å². The molecule has 3 rings (SSSR count). The van der Waals surface area contributed by atoms with E-state index in [0.29, 0.717) is 30.0 Å². The molecule has 0 spiro atoms. The molecule has 0 aromatic heterocycles. The van der Waals surface area contributed by atoms with Crippen LogP contribution in [0.1, 0.15) is 41.6 Å². The Morgan fingerprint density at radius 1 is 0.897 bits per heavy atom. The number of amides is 1. The first kappa shape index (κ1) is 20.8. The van der Waals surface area contributed by atoms with Gasteiger partial charge >= 0.3 is 0 Å². The summed E-state index contributed by atoms with van der Waals surface area (Å²) in [4.78, 5) is 12.4. The minimum atomic E-state index is -0.151. The van der Waals surface area contributed by atoms with E-state index < -0.39 is 0 Å². The molecule has 1 N–H and O–H groups in total. The van der Waals surface area contributed by atoms with Gasteiger partial charge in [-0.2, -0.15) is 0 Å². The zero-order chi connectivity index (χ0) is 20.6. The summed E-state index contributed by atoms with van der Waals surface area (Å²) in [6.45, 7) is 0.516. The van der Waals surface area contributed by atoms with Crippen molar-refractivity contribution in [3.63, 3.8) is 0 Å². The van der Waals surface area contributed by atoms with Crippen LogP contribution in [0.4, 0.5) is 0 Å². The van der Waals surface area contributed by atoms with Crippen molar-refractivity contribution in [3.8, 4) is 23.0 Å². The topological polar surface area (TPSA) is 66.0 Å². The van der Waals surface area contributed by atoms with Gasteiger partial charge in [-0.3, -0.25) is 4.79 Å². The summed E-state index contributed by atoms with van der Waals surface area (Å²) in [6.07, 6.45) is 5.58. The molecule has 1 fully saturated rings. The number of hydrogen-bond acceptors (Lipinski definition) is 5. The Bertz CT molecular complexity index is 830. The predicted octanol–water partition coefficient (Wildman–Crippen LogP) is 4.01. The lowest BCUT2D eigenvalue weighted by Gasteiger charge is -2.17. The Kier molecular flexibility index (Phi) is 7.22. The molecule has 1 saturated carbocycles. The van der Waals surface area contributed by atoms with Crippen molar-refractivity contribution in [1.82, 2.24) is 5.32 Å². The summed E-state index contributed by atoms with van der Waals surface area (Å²) >= 11 is 0. The van der Waals surface area contributed by atoms with E-state index >= 15 is 0 Å². The Balaban J connectivity index is 1.59. The monoisotopic (exact) mass is 399 g/mol. The summed E-state index contributed by atoms with van der Waals surface area (Å²) in [5.41, 5.74) is 1.62. The molecule has 1 aliphatic rings. The maximum absolute atomic E-state index is 12.4. The minimum absolute atomic E-state index is 0.151. The van der Waals surface area contributed by atoms with Gasteiger partial charge in [0.2, 0.25) is 0 Å². The lowest BCUT2D eigenvalue weighted by molar-refractivity contribution is 0.0953. The Hall–Kier alpha value is -2.89. The van der Waals surface area contributed by atoms with Crippen LogP contribution in [0.3, 0.4) is 0 Å². The molecule has 156 valence electrons. The van der Waals surface area contributed by atoms with Crippen molar-refractivity contribution < 1.29 is 23.7 Å². The van der Waals surface area contributed by atoms with E-state index in [1.807, 2.05) is 18.2 Å². The fourth-order valence-electron chi connectivity index (χ4n) is 3.55. The zero-order valence-corrected chi connectivity index (χ0v) is 17.3. The molecule has 0 unspecified atom stereocenters. The van der Waals surface area contributed by atoms with Gasteiger partial charge in [-0.05, 0) is 68.0 Å². The number of hydrogen-bond donors (Lipinski definition) is 1. The van der Waals surface area contributed by atoms with Gasteiger partial charge in [0.1, 0.15) is 0 Å². The van der Waals surface area contributed by atoms with E-state index in [9.17, 15) is 4.79 Å². The zero-order valence-electron chi connectivity index (χ0n) is 17.3. The second-order valence-corrected chi connectivity index (χ2v) is 7.09. The molecule has 2 aromatic rings. The summed E-state index contributed by atoms with van der Waals surface area (Å²) in [6, 6.07) is 11.1. The molecule has 0 bridgehead atoms. The quantitative estimate of drug-likeness (QED) is 0.690. The van der Waals surface area contributed by atoms with Crippen molar-refractivity contribution in [2.45, 2.75) is 38.2 Å². The van der Waals surface area contributed by atoms with Gasteiger partial charge in [-0.1, -0.05) is 6.07 Å². The van der Waals surface area contributed by atoms with Crippen molar-refractivity contribution >= 4 is 5.91 Å². The van der Waals surface area contributed by atoms with E-state index in [0.717, 1.165) is 29.9 Å². The predicted molar refractivity (Wildman–Crippen MR) is 111 cm³/mol. The Morgan fingerprint density at radius 3 is 2.24 bits per heavy atom. The number of benzene rings is 2. The SMILES string of the molecule is COc1ccc(C(=O)NCCc2ccc(OC)c(OC3CCCC3)c2)cc1OC. The van der Waals surface area contributed by atoms with Gasteiger partial charge in [-0.15, -0.1) is 0 Å². The van der Waals surface area contributed by atoms with Crippen molar-refractivity contribution in [2.24, 2.45) is 0 Å². The molecular formula is C23H29NO5. The lowest BCUT2D eigenvalue weighted by atomic mass is 10.1. The number of nitrogens with one attached hydrogen (secondary N) is 1. The summed E-state index contributed by atoms with van der Waals surface area (Å²) < 4.78 is 22.0. The van der Waals surface area contributed by atoms with E-state index in [-0.39, 0.29) is 12.0 Å². The second kappa shape index (κ2) is 10.0. The molecular weight excluding hydrogens is 370 g/mol. The highest BCUT2D eigenvalue weighted by Crippen LogP contribution is 2.32. The largest absolute Gasteiger partial charge is 0.493 e. The fourth-order valence-corrected chi connectivity index (χ4v) is 3.55. The summed E-state index contributed by atoms with van der Waals surface area (Å²) in [7, 11) is 4.77. The van der Waals surface area contributed by atoms with Crippen LogP contribution in [0.2, 0.25) is 0 Å². The second-order valence-electron chi connectivity index (χ2n) is 7.09. The molecule has 1 aliphatic carbocycles. The molecule has 6 heteroatoms. The number of carbonyl (C=O) groups is 1. The van der Waals surface area contributed by atoms with Crippen LogP contribution in [0, 0.1) is 0 Å². The van der Waals surface area contributed by atoms with E-state index in [2.05, 4.69) is 5.32 Å². The highest BCUT2D eigenvalue weighted by atomic mass is 16.5. The Labute approximate surface area is 172 Å². The van der Waals surface area contributed by atoms with E-state index in [1.54, 1.807) is 39.5 Å². The molecule has 1 amide bonds. The van der Waals surface area contributed by atoms with Gasteiger partial charge in [0.15, 0.2) is 23.0 Å². The summed E-state index contributed by atoms with van der Waals surface area (Å²) in [5, 5.41) is 2.95. The van der Waals surface area contributed by atoms with Crippen LogP contribution < -0.4 is 24.3 Å². The molecule has 0 saturated heterocycles. The van der Waals surface area contributed by atoms with Crippen LogP contribution in [0.5, 0.6) is 23.0 Å². The highest BCUT2D eigenvalue weighted by molar-refractivity contribution is 5.94. The van der Waals surface area contributed by atoms with Crippen LogP contribution in [-0.4, -0.2) is 39.9 Å². The third kappa shape index (κ3) is 5.34. The van der Waals surface area contributed by atoms with Crippen LogP contribution >= 0.6 is 0 Å². The number of rotatable bonds is 9. The van der Waals surface area contributed by atoms with Crippen molar-refractivity contribution in [2.75, 3.05) is 27.9 Å². The first-order valence-corrected chi connectivity index (χ1v) is 9.98. The molecule has 0 heterocycles. The molecule has 0 radical (unpaired) electrons. The molecule has 0 aliphatic heterocycles. The van der Waals surface area contributed by atoms with E-state index in [4.69, 9.17) is 18.9 Å². The van der Waals surface area contributed by atoms with Crippen LogP contribution in [-0.2, 0) is 6.42 Å². The summed E-state index contributed by atoms with van der Waals surface area (Å²) in [5.74, 6) is 2.50. The van der Waals surface area contributed by atoms with Gasteiger partial charge in [0, 0.05) is 12.1 Å². The fraction of sp³-hybridized carbons (Fsp3) is 0.435. The molecule has 6 nitrogen and oxygen atoms in total. The number of carbonyl (C=O) groups excluding carboxylic acids is 1. The molecule has 0 atom stereocenters. The van der Waals surface area contributed by atoms with Crippen molar-refractivity contribution in [1.29, 1.82) is 0 Å². The van der Waals surface area contributed by atoms with Gasteiger partial charge in [0.25, 0.3) is 5.91 Å². The average Bonchev–Trinajstić information content (AvgIpc) is 3.26. The first-order chi connectivity index (χ1) is 14.1. The number of methoxy groups -OCH3 is 3. The first-order valence-electron chi connectivity index (χ1n) is 9.98. The van der Waals surface area contributed by atoms with Crippen LogP contribution in [0.25, 0.3) is 0 Å². The smallest absolute Gasteiger partial charge is 0.251 e. The molecule has 2 aromatic carbocycles. The molecule has 29 heavy (non-hydrogen) atoms. The average molecular weight is 399 g/mol. The van der Waals surface area contributed by atoms with Gasteiger partial charge < -0.3 is 24.3 Å². The maximum atomic E-state index is 12.4. The normalized spacial score (nSPS) is 13.8. The lowest BCUT2D eigenvalue weighted by Crippen LogP contribution is -2.25. The maximum Gasteiger partial charge on any atom is 0.251 e. The standard InChI is InChI=1S/C23H29NO5/c1-26-19-11-9-17(15-21(19)28-3)23(25)24-13-12-16-8-10-20(27-2)22(14-16)29-18-6-4-5-7-18/h8-11,14-15,18H,4-7,12-13H2,1-3H3,(H,24,25). The van der Waals surface area contributed by atoms with Crippen molar-refractivity contribution in [3.05, 3.63) is 47.5 Å². The Morgan fingerprint density at radius 2 is 1.55 bits per heavy atom. The highest BCUT2D eigenvalue weighted by Gasteiger charge is 2.18. The third-order valence-corrected chi connectivity index (χ3v) is 5.17. The van der Waals surface area contributed by atoms with E-state index in [1.165, 1.54) is 12.8 Å².